The van der Waals surface area contributed by atoms with Gasteiger partial charge in [0.25, 0.3) is 0 Å². The quantitative estimate of drug-likeness (QED) is 0.446. The van der Waals surface area contributed by atoms with Gasteiger partial charge in [-0.25, -0.2) is 10.5 Å². The van der Waals surface area contributed by atoms with Crippen molar-refractivity contribution >= 4 is 7.28 Å². The summed E-state index contributed by atoms with van der Waals surface area (Å²) >= 11 is 0. The predicted octanol–water partition coefficient (Wildman–Crippen LogP) is -0.885. The molecule has 0 spiro atoms. The maximum Gasteiger partial charge on any atom is 1.00 e. The number of nitriles is 2. The maximum absolute atomic E-state index is 7.65. The van der Waals surface area contributed by atoms with Gasteiger partial charge in [-0.2, -0.15) is 0 Å². The largest absolute Gasteiger partial charge is 1.00 e. The van der Waals surface area contributed by atoms with Crippen LogP contribution in [-0.4, -0.2) is 7.28 Å². The van der Waals surface area contributed by atoms with E-state index in [2.05, 4.69) is 0 Å². The summed E-state index contributed by atoms with van der Waals surface area (Å²) in [4.78, 5) is 0. The van der Waals surface area contributed by atoms with Gasteiger partial charge in [-0.05, 0) is 0 Å². The van der Waals surface area contributed by atoms with Crippen LogP contribution in [0.25, 0.3) is 0 Å². The third-order valence-corrected chi connectivity index (χ3v) is 0.224. The molecule has 0 aliphatic carbocycles. The molecule has 0 bridgehead atoms. The second-order valence-electron chi connectivity index (χ2n) is 0.697. The van der Waals surface area contributed by atoms with E-state index in [-0.39, 0.29) is 22.4 Å². The summed E-state index contributed by atoms with van der Waals surface area (Å²) in [6.07, 6.45) is 0. The Labute approximate surface area is 52.5 Å². The second-order valence-corrected chi connectivity index (χ2v) is 0.697. The van der Waals surface area contributed by atoms with Crippen molar-refractivity contribution in [2.45, 2.75) is 0 Å². The Morgan fingerprint density at radius 3 is 1.50 bits per heavy atom. The Kier molecular flexibility index (Phi) is 13.6. The normalized spacial score (nSPS) is 3.67. The van der Waals surface area contributed by atoms with E-state index in [0.29, 0.717) is 0 Å². The molecule has 0 aliphatic heterocycles. The fraction of sp³-hybridized carbons (Fsp3) is 0. The van der Waals surface area contributed by atoms with Crippen LogP contribution < -0.4 is 0 Å². The topological polar surface area (TPSA) is 47.6 Å². The minimum atomic E-state index is -0.861. The van der Waals surface area contributed by atoms with Gasteiger partial charge in [-0.3, -0.25) is 0 Å². The van der Waals surface area contributed by atoms with Crippen molar-refractivity contribution in [1.29, 1.82) is 10.5 Å². The van der Waals surface area contributed by atoms with E-state index >= 15 is 0 Å². The molecule has 0 saturated heterocycles. The van der Waals surface area contributed by atoms with Crippen molar-refractivity contribution in [2.75, 3.05) is 0 Å². The van der Waals surface area contributed by atoms with Gasteiger partial charge in [0.05, 0.1) is 0 Å². The van der Waals surface area contributed by atoms with Gasteiger partial charge in [0.2, 0.25) is 0 Å². The fourth-order valence-electron chi connectivity index (χ4n) is 0.0500. The first kappa shape index (κ1) is 9.25. The Hall–Kier alpha value is -0.215. The van der Waals surface area contributed by atoms with E-state index in [1.165, 1.54) is 0 Å². The molecule has 0 fully saturated rings. The zero-order chi connectivity index (χ0) is 4.12. The molecule has 0 atom stereocenters. The summed E-state index contributed by atoms with van der Waals surface area (Å²) < 4.78 is 0. The van der Waals surface area contributed by atoms with E-state index in [4.69, 9.17) is 10.5 Å². The number of hydrogen-bond donors (Lipinski definition) is 0. The molecular weight excluding hydrogens is 171 g/mol. The van der Waals surface area contributed by atoms with Crippen LogP contribution in [0.3, 0.4) is 0 Å². The Balaban J connectivity index is 0. The van der Waals surface area contributed by atoms with E-state index in [9.17, 15) is 0 Å². The SMILES string of the molecule is N#C[BH2-]C#N.[Ag+]. The average Bonchev–Trinajstić information content (AvgIpc) is 1.41. The second kappa shape index (κ2) is 8.84. The van der Waals surface area contributed by atoms with Crippen LogP contribution in [0.5, 0.6) is 0 Å². The summed E-state index contributed by atoms with van der Waals surface area (Å²) in [5, 5.41) is 15.3. The predicted molar refractivity (Wildman–Crippen MR) is 19.8 cm³/mol. The molecule has 34 valence electrons. The van der Waals surface area contributed by atoms with Crippen molar-refractivity contribution in [3.63, 3.8) is 0 Å². The molecule has 0 heterocycles. The third kappa shape index (κ3) is 9.21. The first-order valence-corrected chi connectivity index (χ1v) is 1.45. The number of nitrogens with zero attached hydrogens (tertiary/aromatic N) is 2. The van der Waals surface area contributed by atoms with Gasteiger partial charge in [-0.15, -0.1) is 11.9 Å². The molecule has 0 rings (SSSR count). The molecular formula is C2H2AgBN2. The average molecular weight is 173 g/mol. The summed E-state index contributed by atoms with van der Waals surface area (Å²) in [5.74, 6) is 3.56. The molecule has 4 heteroatoms. The van der Waals surface area contributed by atoms with Gasteiger partial charge < -0.3 is 0 Å². The molecule has 0 radical (unpaired) electrons. The molecule has 0 aromatic carbocycles. The minimum Gasteiger partial charge on any atom is -0.249 e. The van der Waals surface area contributed by atoms with Gasteiger partial charge in [0.1, 0.15) is 0 Å². The summed E-state index contributed by atoms with van der Waals surface area (Å²) in [6.45, 7) is 0. The number of hydrogen-bond acceptors (Lipinski definition) is 2. The van der Waals surface area contributed by atoms with Crippen molar-refractivity contribution in [3.8, 4) is 11.9 Å². The van der Waals surface area contributed by atoms with Crippen molar-refractivity contribution in [3.05, 3.63) is 0 Å². The molecule has 6 heavy (non-hydrogen) atoms. The molecule has 0 aromatic heterocycles. The zero-order valence-electron chi connectivity index (χ0n) is 3.20. The molecule has 2 nitrogen and oxygen atoms in total. The van der Waals surface area contributed by atoms with E-state index in [0.717, 1.165) is 0 Å². The van der Waals surface area contributed by atoms with E-state index in [1.54, 1.807) is 11.9 Å². The van der Waals surface area contributed by atoms with Crippen LogP contribution in [-0.2, 0) is 22.4 Å². The van der Waals surface area contributed by atoms with Crippen LogP contribution in [0.1, 0.15) is 0 Å². The first-order valence-electron chi connectivity index (χ1n) is 1.45. The Morgan fingerprint density at radius 2 is 1.50 bits per heavy atom. The molecule has 0 aliphatic rings. The molecule has 0 N–H and O–H groups in total. The van der Waals surface area contributed by atoms with Crippen molar-refractivity contribution < 1.29 is 22.4 Å². The minimum absolute atomic E-state index is 0. The monoisotopic (exact) mass is 172 g/mol. The van der Waals surface area contributed by atoms with Gasteiger partial charge >= 0.3 is 22.4 Å². The summed E-state index contributed by atoms with van der Waals surface area (Å²) in [6, 6.07) is 0. The van der Waals surface area contributed by atoms with Crippen LogP contribution in [0, 0.1) is 22.5 Å². The van der Waals surface area contributed by atoms with Gasteiger partial charge in [0, 0.05) is 0 Å². The van der Waals surface area contributed by atoms with Crippen LogP contribution in [0.15, 0.2) is 0 Å². The summed E-state index contributed by atoms with van der Waals surface area (Å²) in [7, 11) is -0.861. The van der Waals surface area contributed by atoms with Crippen molar-refractivity contribution in [2.24, 2.45) is 0 Å². The van der Waals surface area contributed by atoms with Crippen LogP contribution in [0.2, 0.25) is 0 Å². The smallest absolute Gasteiger partial charge is 0.249 e. The van der Waals surface area contributed by atoms with Crippen molar-refractivity contribution in [1.82, 2.24) is 0 Å². The van der Waals surface area contributed by atoms with E-state index in [1.807, 2.05) is 0 Å². The van der Waals surface area contributed by atoms with Crippen LogP contribution in [0.4, 0.5) is 0 Å². The summed E-state index contributed by atoms with van der Waals surface area (Å²) in [5.41, 5.74) is 0. The maximum atomic E-state index is 7.65. The molecule has 0 amide bonds. The fourth-order valence-corrected chi connectivity index (χ4v) is 0.0500. The Morgan fingerprint density at radius 1 is 1.17 bits per heavy atom. The first-order chi connectivity index (χ1) is 2.41. The van der Waals surface area contributed by atoms with Gasteiger partial charge in [0.15, 0.2) is 7.28 Å². The Bertz CT molecular complexity index is 76.7. The molecule has 0 saturated carbocycles. The number of rotatable bonds is 0. The molecule has 0 unspecified atom stereocenters. The molecule has 0 aromatic rings. The van der Waals surface area contributed by atoms with E-state index < -0.39 is 7.28 Å². The third-order valence-electron chi connectivity index (χ3n) is 0.224. The van der Waals surface area contributed by atoms with Gasteiger partial charge in [-0.1, -0.05) is 0 Å². The van der Waals surface area contributed by atoms with Crippen LogP contribution >= 0.6 is 0 Å². The zero-order valence-corrected chi connectivity index (χ0v) is 4.68. The standard InChI is InChI=1S/C2H2BN2.Ag/c4-1-3-2-5;/h3H2;/q-1;+1.